The molecule has 1 amide bonds. The SMILES string of the molecule is C[C@@H]1NC(c2cncnc2)CNC1=O. The molecule has 1 aliphatic heterocycles. The van der Waals surface area contributed by atoms with Gasteiger partial charge in [-0.2, -0.15) is 0 Å². The number of rotatable bonds is 1. The standard InChI is InChI=1S/C9H12N4O/c1-6-9(14)12-4-8(13-6)7-2-10-5-11-3-7/h2-3,5-6,8,13H,4H2,1H3,(H,12,14)/t6-,8?/m0/s1. The minimum absolute atomic E-state index is 0.0399. The number of hydrogen-bond acceptors (Lipinski definition) is 4. The number of nitrogens with zero attached hydrogens (tertiary/aromatic N) is 2. The van der Waals surface area contributed by atoms with Gasteiger partial charge in [0.2, 0.25) is 5.91 Å². The maximum absolute atomic E-state index is 11.2. The summed E-state index contributed by atoms with van der Waals surface area (Å²) in [5.74, 6) is 0.0399. The van der Waals surface area contributed by atoms with Crippen LogP contribution in [0, 0.1) is 0 Å². The van der Waals surface area contributed by atoms with Crippen LogP contribution in [-0.2, 0) is 4.79 Å². The lowest BCUT2D eigenvalue weighted by Gasteiger charge is -2.28. The van der Waals surface area contributed by atoms with E-state index in [0.717, 1.165) is 5.56 Å². The van der Waals surface area contributed by atoms with Gasteiger partial charge in [-0.1, -0.05) is 0 Å². The summed E-state index contributed by atoms with van der Waals surface area (Å²) < 4.78 is 0. The van der Waals surface area contributed by atoms with Gasteiger partial charge in [0.15, 0.2) is 0 Å². The summed E-state index contributed by atoms with van der Waals surface area (Å²) in [5.41, 5.74) is 0.999. The number of piperazine rings is 1. The second-order valence-electron chi connectivity index (χ2n) is 3.36. The summed E-state index contributed by atoms with van der Waals surface area (Å²) in [6.07, 6.45) is 5.01. The van der Waals surface area contributed by atoms with Crippen molar-refractivity contribution in [3.63, 3.8) is 0 Å². The summed E-state index contributed by atoms with van der Waals surface area (Å²) in [5, 5.41) is 6.01. The number of carbonyl (C=O) groups excluding carboxylic acids is 1. The molecular weight excluding hydrogens is 180 g/mol. The van der Waals surface area contributed by atoms with Crippen LogP contribution < -0.4 is 10.6 Å². The largest absolute Gasteiger partial charge is 0.353 e. The monoisotopic (exact) mass is 192 g/mol. The molecule has 0 saturated carbocycles. The predicted octanol–water partition coefficient (Wildman–Crippen LogP) is -0.374. The minimum Gasteiger partial charge on any atom is -0.353 e. The highest BCUT2D eigenvalue weighted by molar-refractivity contribution is 5.82. The van der Waals surface area contributed by atoms with Gasteiger partial charge >= 0.3 is 0 Å². The zero-order chi connectivity index (χ0) is 9.97. The van der Waals surface area contributed by atoms with Gasteiger partial charge in [0, 0.05) is 24.5 Å². The van der Waals surface area contributed by atoms with Gasteiger partial charge in [-0.3, -0.25) is 10.1 Å². The first-order valence-electron chi connectivity index (χ1n) is 4.56. The van der Waals surface area contributed by atoms with Crippen LogP contribution in [0.15, 0.2) is 18.7 Å². The molecule has 2 N–H and O–H groups in total. The first-order valence-corrected chi connectivity index (χ1v) is 4.56. The van der Waals surface area contributed by atoms with E-state index < -0.39 is 0 Å². The van der Waals surface area contributed by atoms with E-state index in [-0.39, 0.29) is 18.0 Å². The van der Waals surface area contributed by atoms with E-state index in [4.69, 9.17) is 0 Å². The van der Waals surface area contributed by atoms with E-state index in [0.29, 0.717) is 6.54 Å². The second-order valence-corrected chi connectivity index (χ2v) is 3.36. The van der Waals surface area contributed by atoms with Crippen LogP contribution in [0.1, 0.15) is 18.5 Å². The van der Waals surface area contributed by atoms with Crippen molar-refractivity contribution in [3.8, 4) is 0 Å². The third-order valence-electron chi connectivity index (χ3n) is 2.31. The molecule has 2 rings (SSSR count). The van der Waals surface area contributed by atoms with Crippen LogP contribution in [0.3, 0.4) is 0 Å². The lowest BCUT2D eigenvalue weighted by Crippen LogP contribution is -2.52. The lowest BCUT2D eigenvalue weighted by molar-refractivity contribution is -0.124. The fraction of sp³-hybridized carbons (Fsp3) is 0.444. The van der Waals surface area contributed by atoms with Crippen molar-refractivity contribution < 1.29 is 4.79 Å². The van der Waals surface area contributed by atoms with Crippen molar-refractivity contribution in [3.05, 3.63) is 24.3 Å². The first kappa shape index (κ1) is 9.08. The Kier molecular flexibility index (Phi) is 2.41. The van der Waals surface area contributed by atoms with Crippen molar-refractivity contribution in [2.45, 2.75) is 19.0 Å². The van der Waals surface area contributed by atoms with E-state index >= 15 is 0 Å². The van der Waals surface area contributed by atoms with Gasteiger partial charge < -0.3 is 5.32 Å². The average molecular weight is 192 g/mol. The maximum Gasteiger partial charge on any atom is 0.236 e. The molecule has 74 valence electrons. The molecule has 5 heteroatoms. The molecule has 0 radical (unpaired) electrons. The Labute approximate surface area is 82.0 Å². The van der Waals surface area contributed by atoms with E-state index in [1.54, 1.807) is 12.4 Å². The highest BCUT2D eigenvalue weighted by Crippen LogP contribution is 2.12. The number of aromatic nitrogens is 2. The molecule has 0 aliphatic carbocycles. The highest BCUT2D eigenvalue weighted by atomic mass is 16.2. The highest BCUT2D eigenvalue weighted by Gasteiger charge is 2.24. The van der Waals surface area contributed by atoms with Gasteiger partial charge in [0.1, 0.15) is 6.33 Å². The van der Waals surface area contributed by atoms with Crippen LogP contribution >= 0.6 is 0 Å². The van der Waals surface area contributed by atoms with Crippen LogP contribution in [0.4, 0.5) is 0 Å². The fourth-order valence-corrected chi connectivity index (χ4v) is 1.50. The Hall–Kier alpha value is -1.49. The van der Waals surface area contributed by atoms with Crippen molar-refractivity contribution in [1.82, 2.24) is 20.6 Å². The van der Waals surface area contributed by atoms with E-state index in [1.807, 2.05) is 6.92 Å². The molecule has 1 saturated heterocycles. The Balaban J connectivity index is 2.11. The van der Waals surface area contributed by atoms with E-state index in [9.17, 15) is 4.79 Å². The summed E-state index contributed by atoms with van der Waals surface area (Å²) in [6.45, 7) is 2.43. The normalized spacial score (nSPS) is 27.1. The number of nitrogens with one attached hydrogen (secondary N) is 2. The molecule has 1 aromatic rings. The van der Waals surface area contributed by atoms with Crippen LogP contribution in [0.2, 0.25) is 0 Å². The lowest BCUT2D eigenvalue weighted by atomic mass is 10.1. The molecule has 0 spiro atoms. The Bertz CT molecular complexity index is 327. The smallest absolute Gasteiger partial charge is 0.236 e. The molecule has 1 unspecified atom stereocenters. The number of hydrogen-bond donors (Lipinski definition) is 2. The van der Waals surface area contributed by atoms with Crippen LogP contribution in [0.25, 0.3) is 0 Å². The molecular formula is C9H12N4O. The minimum atomic E-state index is -0.158. The molecule has 1 aromatic heterocycles. The summed E-state index contributed by atoms with van der Waals surface area (Å²) in [7, 11) is 0. The van der Waals surface area contributed by atoms with Crippen molar-refractivity contribution in [2.75, 3.05) is 6.54 Å². The van der Waals surface area contributed by atoms with Gasteiger partial charge in [0.25, 0.3) is 0 Å². The zero-order valence-corrected chi connectivity index (χ0v) is 7.90. The number of carbonyl (C=O) groups is 1. The molecule has 0 bridgehead atoms. The maximum atomic E-state index is 11.2. The second kappa shape index (κ2) is 3.71. The summed E-state index contributed by atoms with van der Waals surface area (Å²) in [4.78, 5) is 19.0. The molecule has 1 aliphatic rings. The Morgan fingerprint density at radius 2 is 2.14 bits per heavy atom. The Morgan fingerprint density at radius 3 is 2.79 bits per heavy atom. The molecule has 5 nitrogen and oxygen atoms in total. The summed E-state index contributed by atoms with van der Waals surface area (Å²) >= 11 is 0. The fourth-order valence-electron chi connectivity index (χ4n) is 1.50. The first-order chi connectivity index (χ1) is 6.77. The molecule has 1 fully saturated rings. The third-order valence-corrected chi connectivity index (χ3v) is 2.31. The Morgan fingerprint density at radius 1 is 1.43 bits per heavy atom. The number of amides is 1. The predicted molar refractivity (Wildman–Crippen MR) is 50.4 cm³/mol. The van der Waals surface area contributed by atoms with Crippen molar-refractivity contribution in [2.24, 2.45) is 0 Å². The van der Waals surface area contributed by atoms with Gasteiger partial charge in [0.05, 0.1) is 12.1 Å². The zero-order valence-electron chi connectivity index (χ0n) is 7.90. The van der Waals surface area contributed by atoms with Gasteiger partial charge in [-0.25, -0.2) is 9.97 Å². The summed E-state index contributed by atoms with van der Waals surface area (Å²) in [6, 6.07) is -0.0437. The molecule has 14 heavy (non-hydrogen) atoms. The molecule has 0 aromatic carbocycles. The quantitative estimate of drug-likeness (QED) is 0.637. The van der Waals surface area contributed by atoms with Crippen LogP contribution in [-0.4, -0.2) is 28.5 Å². The third kappa shape index (κ3) is 1.72. The van der Waals surface area contributed by atoms with Crippen LogP contribution in [0.5, 0.6) is 0 Å². The van der Waals surface area contributed by atoms with E-state index in [1.165, 1.54) is 6.33 Å². The molecule has 2 atom stereocenters. The van der Waals surface area contributed by atoms with Gasteiger partial charge in [-0.05, 0) is 6.92 Å². The average Bonchev–Trinajstić information content (AvgIpc) is 2.23. The van der Waals surface area contributed by atoms with Gasteiger partial charge in [-0.15, -0.1) is 0 Å². The van der Waals surface area contributed by atoms with Crippen molar-refractivity contribution in [1.29, 1.82) is 0 Å². The topological polar surface area (TPSA) is 66.9 Å². The molecule has 2 heterocycles. The van der Waals surface area contributed by atoms with Crippen molar-refractivity contribution >= 4 is 5.91 Å². The van der Waals surface area contributed by atoms with E-state index in [2.05, 4.69) is 20.6 Å².